The molecule has 0 atom stereocenters. The molecule has 0 radical (unpaired) electrons. The fourth-order valence-corrected chi connectivity index (χ4v) is 2.24. The average molecular weight is 316 g/mol. The second kappa shape index (κ2) is 8.96. The van der Waals surface area contributed by atoms with Gasteiger partial charge in [0.1, 0.15) is 10.1 Å². The van der Waals surface area contributed by atoms with Gasteiger partial charge < -0.3 is 9.66 Å². The van der Waals surface area contributed by atoms with Crippen molar-refractivity contribution in [1.82, 2.24) is 0 Å². The molecule has 0 aliphatic heterocycles. The van der Waals surface area contributed by atoms with Crippen molar-refractivity contribution in [2.24, 2.45) is 0 Å². The van der Waals surface area contributed by atoms with Crippen LogP contribution in [0.15, 0.2) is 60.0 Å². The van der Waals surface area contributed by atoms with Gasteiger partial charge in [-0.05, 0) is 16.8 Å². The molecule has 0 bridgehead atoms. The largest absolute Gasteiger partial charge is 1.00 e. The number of benzene rings is 2. The summed E-state index contributed by atoms with van der Waals surface area (Å²) in [4.78, 5) is 9.37. The van der Waals surface area contributed by atoms with Crippen molar-refractivity contribution in [2.45, 2.75) is 11.3 Å². The first-order valence-electron chi connectivity index (χ1n) is 5.62. The van der Waals surface area contributed by atoms with Crippen LogP contribution in [-0.2, 0) is 14.9 Å². The van der Waals surface area contributed by atoms with Crippen LogP contribution in [0.4, 0.5) is 0 Å². The maximum atomic E-state index is 10.9. The van der Waals surface area contributed by atoms with E-state index in [0.29, 0.717) is 5.39 Å². The number of carboxylic acid groups (broad SMARTS) is 1. The second-order valence-corrected chi connectivity index (χ2v) is 5.17. The van der Waals surface area contributed by atoms with Crippen LogP contribution in [0.1, 0.15) is 6.42 Å². The maximum absolute atomic E-state index is 10.9. The predicted molar refractivity (Wildman–Crippen MR) is 74.4 cm³/mol. The van der Waals surface area contributed by atoms with Crippen molar-refractivity contribution in [3.05, 3.63) is 55.1 Å². The average Bonchev–Trinajstić information content (AvgIpc) is 2.37. The Balaban J connectivity index is 0.000000495. The van der Waals surface area contributed by atoms with Crippen molar-refractivity contribution >= 4 is 26.9 Å². The SMILES string of the molecule is C=CCC(=O)O.O=S(=O)([O-])c1cccc2ccccc12.[Na+]. The first kappa shape index (κ1) is 19.8. The molecular formula is C14H13NaO5S. The van der Waals surface area contributed by atoms with Gasteiger partial charge in [-0.3, -0.25) is 4.79 Å². The molecule has 0 heterocycles. The van der Waals surface area contributed by atoms with Gasteiger partial charge in [0.15, 0.2) is 0 Å². The van der Waals surface area contributed by atoms with Crippen molar-refractivity contribution < 1.29 is 52.4 Å². The van der Waals surface area contributed by atoms with Crippen molar-refractivity contribution in [3.63, 3.8) is 0 Å². The monoisotopic (exact) mass is 316 g/mol. The zero-order valence-corrected chi connectivity index (χ0v) is 14.3. The molecule has 0 unspecified atom stereocenters. The van der Waals surface area contributed by atoms with E-state index in [1.54, 1.807) is 36.4 Å². The third-order valence-electron chi connectivity index (χ3n) is 2.34. The van der Waals surface area contributed by atoms with Crippen LogP contribution in [0.5, 0.6) is 0 Å². The molecule has 0 amide bonds. The van der Waals surface area contributed by atoms with E-state index in [1.165, 1.54) is 12.1 Å². The van der Waals surface area contributed by atoms with Gasteiger partial charge in [0.25, 0.3) is 0 Å². The minimum atomic E-state index is -4.38. The van der Waals surface area contributed by atoms with Crippen LogP contribution in [-0.4, -0.2) is 24.0 Å². The Hall–Kier alpha value is -1.18. The second-order valence-electron chi connectivity index (χ2n) is 3.82. The molecule has 0 saturated carbocycles. The van der Waals surface area contributed by atoms with E-state index in [0.717, 1.165) is 5.39 Å². The van der Waals surface area contributed by atoms with E-state index < -0.39 is 16.1 Å². The topological polar surface area (TPSA) is 94.5 Å². The number of aliphatic carboxylic acids is 1. The normalized spacial score (nSPS) is 9.95. The van der Waals surface area contributed by atoms with Crippen molar-refractivity contribution in [2.75, 3.05) is 0 Å². The minimum absolute atomic E-state index is 0. The predicted octanol–water partition coefficient (Wildman–Crippen LogP) is -0.605. The number of hydrogen-bond acceptors (Lipinski definition) is 4. The quantitative estimate of drug-likeness (QED) is 0.463. The van der Waals surface area contributed by atoms with Crippen molar-refractivity contribution in [1.29, 1.82) is 0 Å². The Morgan fingerprint density at radius 2 is 1.76 bits per heavy atom. The molecule has 5 nitrogen and oxygen atoms in total. The Kier molecular flexibility index (Phi) is 8.46. The zero-order valence-electron chi connectivity index (χ0n) is 11.5. The summed E-state index contributed by atoms with van der Waals surface area (Å²) < 4.78 is 32.7. The fraction of sp³-hybridized carbons (Fsp3) is 0.0714. The molecule has 0 aliphatic rings. The van der Waals surface area contributed by atoms with E-state index >= 15 is 0 Å². The summed E-state index contributed by atoms with van der Waals surface area (Å²) in [5, 5.41) is 9.07. The fourth-order valence-electron chi connectivity index (χ4n) is 1.54. The van der Waals surface area contributed by atoms with E-state index in [4.69, 9.17) is 5.11 Å². The Morgan fingerprint density at radius 3 is 2.24 bits per heavy atom. The van der Waals surface area contributed by atoms with Crippen LogP contribution in [0.3, 0.4) is 0 Å². The van der Waals surface area contributed by atoms with Crippen LogP contribution in [0.25, 0.3) is 10.8 Å². The van der Waals surface area contributed by atoms with E-state index in [2.05, 4.69) is 6.58 Å². The van der Waals surface area contributed by atoms with Gasteiger partial charge in [-0.2, -0.15) is 0 Å². The molecule has 21 heavy (non-hydrogen) atoms. The molecule has 2 aromatic rings. The Morgan fingerprint density at radius 1 is 1.19 bits per heavy atom. The number of carboxylic acids is 1. The zero-order chi connectivity index (χ0) is 15.2. The van der Waals surface area contributed by atoms with Crippen LogP contribution in [0.2, 0.25) is 0 Å². The number of rotatable bonds is 3. The molecule has 2 aromatic carbocycles. The van der Waals surface area contributed by atoms with Gasteiger partial charge in [-0.25, -0.2) is 8.42 Å². The summed E-state index contributed by atoms with van der Waals surface area (Å²) in [5.41, 5.74) is 0. The van der Waals surface area contributed by atoms with Gasteiger partial charge in [-0.15, -0.1) is 6.58 Å². The first-order valence-corrected chi connectivity index (χ1v) is 7.03. The van der Waals surface area contributed by atoms with Gasteiger partial charge in [0.05, 0.1) is 11.3 Å². The third-order valence-corrected chi connectivity index (χ3v) is 3.23. The molecule has 0 aliphatic carbocycles. The molecule has 2 rings (SSSR count). The van der Waals surface area contributed by atoms with E-state index in [-0.39, 0.29) is 40.9 Å². The molecule has 0 saturated heterocycles. The molecule has 7 heteroatoms. The summed E-state index contributed by atoms with van der Waals surface area (Å²) in [6.07, 6.45) is 1.41. The number of fused-ring (bicyclic) bond motifs is 1. The summed E-state index contributed by atoms with van der Waals surface area (Å²) in [5.74, 6) is -0.829. The van der Waals surface area contributed by atoms with E-state index in [9.17, 15) is 17.8 Å². The standard InChI is InChI=1S/C10H8O3S.C4H6O2.Na/c11-14(12,13)10-7-3-5-8-4-1-2-6-9(8)10;1-2-3-4(5)6;/h1-7H,(H,11,12,13);2H,1,3H2,(H,5,6);/q;;+1/p-1. The van der Waals surface area contributed by atoms with Crippen LogP contribution in [0, 0.1) is 0 Å². The summed E-state index contributed by atoms with van der Waals surface area (Å²) in [6, 6.07) is 11.5. The van der Waals surface area contributed by atoms with E-state index in [1.807, 2.05) is 0 Å². The molecule has 0 spiro atoms. The first-order chi connectivity index (χ1) is 9.36. The van der Waals surface area contributed by atoms with Crippen molar-refractivity contribution in [3.8, 4) is 0 Å². The molecule has 106 valence electrons. The smallest absolute Gasteiger partial charge is 0.744 e. The third kappa shape index (κ3) is 6.41. The summed E-state index contributed by atoms with van der Waals surface area (Å²) in [7, 11) is -4.38. The number of carbonyl (C=O) groups is 1. The molecular weight excluding hydrogens is 303 g/mol. The molecule has 0 fully saturated rings. The van der Waals surface area contributed by atoms with Gasteiger partial charge in [0, 0.05) is 0 Å². The molecule has 1 N–H and O–H groups in total. The summed E-state index contributed by atoms with van der Waals surface area (Å²) >= 11 is 0. The van der Waals surface area contributed by atoms with Gasteiger partial charge in [0.2, 0.25) is 0 Å². The number of hydrogen-bond donors (Lipinski definition) is 1. The summed E-state index contributed by atoms with van der Waals surface area (Å²) in [6.45, 7) is 3.22. The Labute approximate surface area is 145 Å². The van der Waals surface area contributed by atoms with Crippen LogP contribution < -0.4 is 29.6 Å². The van der Waals surface area contributed by atoms with Gasteiger partial charge >= 0.3 is 35.5 Å². The minimum Gasteiger partial charge on any atom is -0.744 e. The van der Waals surface area contributed by atoms with Gasteiger partial charge in [-0.1, -0.05) is 42.5 Å². The Bertz CT molecular complexity index is 720. The maximum Gasteiger partial charge on any atom is 1.00 e. The molecule has 0 aromatic heterocycles. The van der Waals surface area contributed by atoms with Crippen LogP contribution >= 0.6 is 0 Å².